The average molecular weight is 363 g/mol. The normalized spacial score (nSPS) is 15.5. The Hall–Kier alpha value is -1.72. The van der Waals surface area contributed by atoms with Gasteiger partial charge in [-0.15, -0.1) is 11.3 Å². The molecule has 0 atom stereocenters. The second-order valence-corrected chi connectivity index (χ2v) is 7.34. The summed E-state index contributed by atoms with van der Waals surface area (Å²) < 4.78 is 0. The molecule has 1 amide bonds. The summed E-state index contributed by atoms with van der Waals surface area (Å²) in [6, 6.07) is 7.65. The van der Waals surface area contributed by atoms with Crippen molar-refractivity contribution in [1.29, 1.82) is 0 Å². The lowest BCUT2D eigenvalue weighted by molar-refractivity contribution is -0.132. The number of halogens is 1. The zero-order chi connectivity index (χ0) is 16.9. The Labute approximate surface area is 150 Å². The van der Waals surface area contributed by atoms with E-state index in [0.29, 0.717) is 23.1 Å². The maximum absolute atomic E-state index is 12.4. The van der Waals surface area contributed by atoms with Gasteiger partial charge in [0.15, 0.2) is 6.29 Å². The molecule has 6 heteroatoms. The summed E-state index contributed by atoms with van der Waals surface area (Å²) in [5, 5.41) is 3.53. The lowest BCUT2D eigenvalue weighted by atomic mass is 9.97. The van der Waals surface area contributed by atoms with Crippen LogP contribution in [0.2, 0.25) is 5.02 Å². The van der Waals surface area contributed by atoms with Gasteiger partial charge in [-0.1, -0.05) is 23.7 Å². The largest absolute Gasteiger partial charge is 0.343 e. The van der Waals surface area contributed by atoms with Gasteiger partial charge in [-0.25, -0.2) is 4.98 Å². The van der Waals surface area contributed by atoms with Crippen LogP contribution in [0.1, 0.15) is 46.2 Å². The van der Waals surface area contributed by atoms with Gasteiger partial charge in [-0.2, -0.15) is 0 Å². The number of aryl methyl sites for hydroxylation is 1. The minimum Gasteiger partial charge on any atom is -0.343 e. The van der Waals surface area contributed by atoms with Crippen molar-refractivity contribution in [2.45, 2.75) is 31.6 Å². The summed E-state index contributed by atoms with van der Waals surface area (Å²) in [5.74, 6) is 0.570. The second kappa shape index (κ2) is 7.90. The summed E-state index contributed by atoms with van der Waals surface area (Å²) in [4.78, 5) is 29.4. The summed E-state index contributed by atoms with van der Waals surface area (Å²) in [5.41, 5.74) is 1.64. The van der Waals surface area contributed by atoms with Crippen LogP contribution >= 0.6 is 22.9 Å². The van der Waals surface area contributed by atoms with E-state index < -0.39 is 0 Å². The van der Waals surface area contributed by atoms with Gasteiger partial charge in [0.25, 0.3) is 0 Å². The van der Waals surface area contributed by atoms with Crippen LogP contribution in [0.25, 0.3) is 0 Å². The van der Waals surface area contributed by atoms with E-state index in [4.69, 9.17) is 11.6 Å². The summed E-state index contributed by atoms with van der Waals surface area (Å²) >= 11 is 7.41. The van der Waals surface area contributed by atoms with Gasteiger partial charge in [-0.3, -0.25) is 9.59 Å². The molecular formula is C18H19ClN2O2S. The van der Waals surface area contributed by atoms with Crippen molar-refractivity contribution in [2.24, 2.45) is 0 Å². The molecule has 0 bridgehead atoms. The molecule has 1 aromatic carbocycles. The number of hydrogen-bond acceptors (Lipinski definition) is 4. The predicted octanol–water partition coefficient (Wildman–Crippen LogP) is 3.95. The predicted molar refractivity (Wildman–Crippen MR) is 95.8 cm³/mol. The van der Waals surface area contributed by atoms with Crippen LogP contribution in [0.5, 0.6) is 0 Å². The Bertz CT molecular complexity index is 706. The molecule has 4 nitrogen and oxygen atoms in total. The number of aldehydes is 1. The monoisotopic (exact) mass is 362 g/mol. The van der Waals surface area contributed by atoms with Crippen molar-refractivity contribution in [3.63, 3.8) is 0 Å². The van der Waals surface area contributed by atoms with E-state index >= 15 is 0 Å². The Morgan fingerprint density at radius 2 is 2.00 bits per heavy atom. The molecule has 3 rings (SSSR count). The Morgan fingerprint density at radius 1 is 1.29 bits per heavy atom. The second-order valence-electron chi connectivity index (χ2n) is 6.01. The zero-order valence-electron chi connectivity index (χ0n) is 13.3. The molecule has 2 aromatic rings. The molecule has 0 saturated carbocycles. The number of carbonyl (C=O) groups excluding carboxylic acids is 2. The van der Waals surface area contributed by atoms with Gasteiger partial charge in [0, 0.05) is 35.8 Å². The first-order chi connectivity index (χ1) is 11.7. The fourth-order valence-electron chi connectivity index (χ4n) is 2.98. The van der Waals surface area contributed by atoms with Crippen molar-refractivity contribution < 1.29 is 9.59 Å². The fraction of sp³-hybridized carbons (Fsp3) is 0.389. The van der Waals surface area contributed by atoms with Crippen LogP contribution in [-0.4, -0.2) is 35.2 Å². The molecule has 126 valence electrons. The molecule has 1 aliphatic rings. The molecule has 1 aliphatic heterocycles. The first-order valence-corrected chi connectivity index (χ1v) is 9.34. The third-order valence-electron chi connectivity index (χ3n) is 4.40. The Balaban J connectivity index is 1.47. The zero-order valence-corrected chi connectivity index (χ0v) is 14.9. The van der Waals surface area contributed by atoms with Crippen LogP contribution in [0.15, 0.2) is 29.6 Å². The first kappa shape index (κ1) is 17.1. The van der Waals surface area contributed by atoms with E-state index in [1.807, 2.05) is 29.2 Å². The van der Waals surface area contributed by atoms with E-state index in [1.165, 1.54) is 0 Å². The highest BCUT2D eigenvalue weighted by molar-refractivity contribution is 7.09. The number of hydrogen-bond donors (Lipinski definition) is 0. The van der Waals surface area contributed by atoms with Crippen molar-refractivity contribution in [2.75, 3.05) is 13.1 Å². The number of benzene rings is 1. The molecule has 0 N–H and O–H groups in total. The van der Waals surface area contributed by atoms with Crippen LogP contribution in [0.4, 0.5) is 0 Å². The number of likely N-dealkylation sites (tertiary alicyclic amines) is 1. The van der Waals surface area contributed by atoms with E-state index in [2.05, 4.69) is 4.98 Å². The highest BCUT2D eigenvalue weighted by atomic mass is 35.5. The number of carbonyl (C=O) groups is 2. The summed E-state index contributed by atoms with van der Waals surface area (Å²) in [6.07, 6.45) is 3.89. The number of thiazole rings is 1. The minimum atomic E-state index is 0.205. The Kier molecular flexibility index (Phi) is 5.63. The topological polar surface area (TPSA) is 50.3 Å². The average Bonchev–Trinajstić information content (AvgIpc) is 3.10. The van der Waals surface area contributed by atoms with E-state index in [9.17, 15) is 9.59 Å². The van der Waals surface area contributed by atoms with E-state index in [-0.39, 0.29) is 5.91 Å². The molecule has 0 radical (unpaired) electrons. The number of rotatable bonds is 5. The summed E-state index contributed by atoms with van der Waals surface area (Å²) in [7, 11) is 0. The smallest absolute Gasteiger partial charge is 0.222 e. The van der Waals surface area contributed by atoms with Crippen LogP contribution in [-0.2, 0) is 11.2 Å². The highest BCUT2D eigenvalue weighted by Gasteiger charge is 2.25. The molecular weight excluding hydrogens is 344 g/mol. The van der Waals surface area contributed by atoms with Crippen LogP contribution < -0.4 is 0 Å². The third kappa shape index (κ3) is 4.22. The molecule has 1 saturated heterocycles. The van der Waals surface area contributed by atoms with Crippen molar-refractivity contribution in [3.05, 3.63) is 50.9 Å². The molecule has 0 unspecified atom stereocenters. The SMILES string of the molecule is O=Cc1csc(C2CCN(C(=O)CCc3ccc(Cl)cc3)CC2)n1. The molecule has 24 heavy (non-hydrogen) atoms. The standard InChI is InChI=1S/C18H19ClN2O2S/c19-15-4-1-13(2-5-15)3-6-17(23)21-9-7-14(8-10-21)18-20-16(11-22)12-24-18/h1-2,4-5,11-12,14H,3,6-10H2. The highest BCUT2D eigenvalue weighted by Crippen LogP contribution is 2.30. The lowest BCUT2D eigenvalue weighted by Gasteiger charge is -2.31. The van der Waals surface area contributed by atoms with Crippen molar-refractivity contribution >= 4 is 35.1 Å². The number of amides is 1. The molecule has 1 aromatic heterocycles. The number of nitrogens with zero attached hydrogens (tertiary/aromatic N) is 2. The van der Waals surface area contributed by atoms with Crippen LogP contribution in [0.3, 0.4) is 0 Å². The van der Waals surface area contributed by atoms with Crippen LogP contribution in [0, 0.1) is 0 Å². The number of aromatic nitrogens is 1. The quantitative estimate of drug-likeness (QED) is 0.757. The lowest BCUT2D eigenvalue weighted by Crippen LogP contribution is -2.38. The van der Waals surface area contributed by atoms with Gasteiger partial charge in [0.2, 0.25) is 5.91 Å². The molecule has 1 fully saturated rings. The fourth-order valence-corrected chi connectivity index (χ4v) is 4.04. The first-order valence-electron chi connectivity index (χ1n) is 8.08. The van der Waals surface area contributed by atoms with Gasteiger partial charge in [0.1, 0.15) is 5.69 Å². The van der Waals surface area contributed by atoms with Crippen molar-refractivity contribution in [3.8, 4) is 0 Å². The van der Waals surface area contributed by atoms with Gasteiger partial charge < -0.3 is 4.90 Å². The van der Waals surface area contributed by atoms with E-state index in [1.54, 1.807) is 16.7 Å². The molecule has 2 heterocycles. The maximum atomic E-state index is 12.4. The number of piperidine rings is 1. The van der Waals surface area contributed by atoms with Crippen molar-refractivity contribution in [1.82, 2.24) is 9.88 Å². The Morgan fingerprint density at radius 3 is 2.62 bits per heavy atom. The third-order valence-corrected chi connectivity index (χ3v) is 5.68. The maximum Gasteiger partial charge on any atom is 0.222 e. The van der Waals surface area contributed by atoms with Gasteiger partial charge >= 0.3 is 0 Å². The van der Waals surface area contributed by atoms with Gasteiger partial charge in [0.05, 0.1) is 5.01 Å². The van der Waals surface area contributed by atoms with Gasteiger partial charge in [-0.05, 0) is 37.0 Å². The minimum absolute atomic E-state index is 0.205. The van der Waals surface area contributed by atoms with E-state index in [0.717, 1.165) is 49.2 Å². The summed E-state index contributed by atoms with van der Waals surface area (Å²) in [6.45, 7) is 1.53. The molecule has 0 spiro atoms. The molecule has 0 aliphatic carbocycles.